The maximum atomic E-state index is 13.5. The van der Waals surface area contributed by atoms with Crippen molar-refractivity contribution in [3.8, 4) is 22.6 Å². The summed E-state index contributed by atoms with van der Waals surface area (Å²) in [5, 5.41) is 2.08. The zero-order valence-corrected chi connectivity index (χ0v) is 21.2. The fraction of sp³-hybridized carbons (Fsp3) is 0.429. The number of hydrogen-bond acceptors (Lipinski definition) is 6. The molecule has 0 radical (unpaired) electrons. The van der Waals surface area contributed by atoms with Crippen molar-refractivity contribution in [2.75, 3.05) is 26.4 Å². The van der Waals surface area contributed by atoms with Crippen molar-refractivity contribution in [1.29, 1.82) is 0 Å². The van der Waals surface area contributed by atoms with Gasteiger partial charge < -0.3 is 19.1 Å². The maximum Gasteiger partial charge on any atom is 0.226 e. The topological polar surface area (TPSA) is 60.9 Å². The smallest absolute Gasteiger partial charge is 0.226 e. The molecular weight excluding hydrogens is 460 g/mol. The van der Waals surface area contributed by atoms with Gasteiger partial charge in [0, 0.05) is 53.9 Å². The van der Waals surface area contributed by atoms with E-state index in [1.54, 1.807) is 17.5 Å². The monoisotopic (exact) mass is 492 g/mol. The van der Waals surface area contributed by atoms with Crippen LogP contribution in [-0.4, -0.2) is 47.8 Å². The minimum absolute atomic E-state index is 0.0247. The highest BCUT2D eigenvalue weighted by atomic mass is 32.1. The standard InChI is InChI=1S/C28H32N2O4S/c1-28(2)17-20(7-12-34-28)27(31)30-10-13-33-26-23(19-30)15-22(21-5-3-9-29-18-21)16-25(26)32-11-8-24-6-4-14-35-24/h3-6,9,14-16,18,20H,7-8,10-13,17,19H2,1-2H3. The van der Waals surface area contributed by atoms with Crippen molar-refractivity contribution in [3.05, 3.63) is 64.6 Å². The van der Waals surface area contributed by atoms with E-state index < -0.39 is 0 Å². The molecule has 1 amide bonds. The second-order valence-corrected chi connectivity index (χ2v) is 10.8. The number of rotatable bonds is 6. The van der Waals surface area contributed by atoms with E-state index in [1.165, 1.54) is 4.88 Å². The summed E-state index contributed by atoms with van der Waals surface area (Å²) in [6.07, 6.45) is 5.96. The number of ether oxygens (including phenoxy) is 3. The van der Waals surface area contributed by atoms with E-state index in [2.05, 4.69) is 42.4 Å². The van der Waals surface area contributed by atoms with Gasteiger partial charge in [-0.2, -0.15) is 0 Å². The molecule has 184 valence electrons. The van der Waals surface area contributed by atoms with Gasteiger partial charge in [0.2, 0.25) is 5.91 Å². The highest BCUT2D eigenvalue weighted by Gasteiger charge is 2.36. The second-order valence-electron chi connectivity index (χ2n) is 9.79. The Bertz CT molecular complexity index is 1150. The molecule has 35 heavy (non-hydrogen) atoms. The Morgan fingerprint density at radius 1 is 1.23 bits per heavy atom. The van der Waals surface area contributed by atoms with Crippen LogP contribution in [0.3, 0.4) is 0 Å². The summed E-state index contributed by atoms with van der Waals surface area (Å²) < 4.78 is 18.3. The lowest BCUT2D eigenvalue weighted by atomic mass is 9.87. The molecule has 0 aliphatic carbocycles. The molecule has 1 atom stereocenters. The van der Waals surface area contributed by atoms with Crippen LogP contribution >= 0.6 is 11.3 Å². The Kier molecular flexibility index (Phi) is 7.07. The summed E-state index contributed by atoms with van der Waals surface area (Å²) in [5.74, 6) is 1.62. The van der Waals surface area contributed by atoms with E-state index >= 15 is 0 Å². The average Bonchev–Trinajstić information content (AvgIpc) is 3.28. The first-order chi connectivity index (χ1) is 17.0. The highest BCUT2D eigenvalue weighted by molar-refractivity contribution is 7.09. The summed E-state index contributed by atoms with van der Waals surface area (Å²) in [6, 6.07) is 12.3. The van der Waals surface area contributed by atoms with Crippen molar-refractivity contribution in [2.24, 2.45) is 5.92 Å². The van der Waals surface area contributed by atoms with E-state index in [0.717, 1.165) is 47.5 Å². The second kappa shape index (κ2) is 10.4. The molecular formula is C28H32N2O4S. The number of nitrogens with zero attached hydrogens (tertiary/aromatic N) is 2. The lowest BCUT2D eigenvalue weighted by molar-refractivity contribution is -0.146. The van der Waals surface area contributed by atoms with Gasteiger partial charge in [0.15, 0.2) is 11.5 Å². The van der Waals surface area contributed by atoms with Crippen LogP contribution in [-0.2, 0) is 22.5 Å². The number of aromatic nitrogens is 1. The quantitative estimate of drug-likeness (QED) is 0.464. The molecule has 0 N–H and O–H groups in total. The number of amides is 1. The third kappa shape index (κ3) is 5.68. The number of fused-ring (bicyclic) bond motifs is 1. The summed E-state index contributed by atoms with van der Waals surface area (Å²) in [4.78, 5) is 21.0. The molecule has 1 unspecified atom stereocenters. The first-order valence-electron chi connectivity index (χ1n) is 12.3. The van der Waals surface area contributed by atoms with Crippen molar-refractivity contribution in [2.45, 2.75) is 45.3 Å². The predicted octanol–water partition coefficient (Wildman–Crippen LogP) is 5.36. The normalized spacial score (nSPS) is 19.4. The van der Waals surface area contributed by atoms with Crippen molar-refractivity contribution in [1.82, 2.24) is 9.88 Å². The van der Waals surface area contributed by atoms with Crippen LogP contribution in [0.5, 0.6) is 11.5 Å². The minimum Gasteiger partial charge on any atom is -0.489 e. The van der Waals surface area contributed by atoms with Gasteiger partial charge in [-0.1, -0.05) is 12.1 Å². The van der Waals surface area contributed by atoms with E-state index in [0.29, 0.717) is 32.9 Å². The Morgan fingerprint density at radius 2 is 2.14 bits per heavy atom. The van der Waals surface area contributed by atoms with Crippen molar-refractivity contribution >= 4 is 17.2 Å². The Hall–Kier alpha value is -2.90. The number of benzene rings is 1. The minimum atomic E-state index is -0.268. The molecule has 2 aliphatic rings. The van der Waals surface area contributed by atoms with E-state index in [4.69, 9.17) is 14.2 Å². The fourth-order valence-corrected chi connectivity index (χ4v) is 5.59. The molecule has 1 fully saturated rings. The van der Waals surface area contributed by atoms with Gasteiger partial charge >= 0.3 is 0 Å². The summed E-state index contributed by atoms with van der Waals surface area (Å²) >= 11 is 1.73. The first-order valence-corrected chi connectivity index (χ1v) is 13.1. The van der Waals surface area contributed by atoms with Crippen molar-refractivity contribution in [3.63, 3.8) is 0 Å². The molecule has 1 saturated heterocycles. The van der Waals surface area contributed by atoms with E-state index in [1.807, 2.05) is 29.3 Å². The molecule has 1 aromatic carbocycles. The summed E-state index contributed by atoms with van der Waals surface area (Å²) in [6.45, 7) is 6.81. The summed E-state index contributed by atoms with van der Waals surface area (Å²) in [7, 11) is 0. The van der Waals surface area contributed by atoms with Crippen LogP contribution in [0.25, 0.3) is 11.1 Å². The van der Waals surface area contributed by atoms with Gasteiger partial charge in [-0.15, -0.1) is 11.3 Å². The van der Waals surface area contributed by atoms with E-state index in [9.17, 15) is 4.79 Å². The Morgan fingerprint density at radius 3 is 2.91 bits per heavy atom. The molecule has 7 heteroatoms. The van der Waals surface area contributed by atoms with Gasteiger partial charge in [0.1, 0.15) is 6.61 Å². The first kappa shape index (κ1) is 23.8. The molecule has 4 heterocycles. The van der Waals surface area contributed by atoms with Crippen molar-refractivity contribution < 1.29 is 19.0 Å². The van der Waals surface area contributed by atoms with Gasteiger partial charge in [-0.05, 0) is 61.9 Å². The molecule has 6 nitrogen and oxygen atoms in total. The highest BCUT2D eigenvalue weighted by Crippen LogP contribution is 2.39. The number of thiophene rings is 1. The third-order valence-electron chi connectivity index (χ3n) is 6.64. The van der Waals surface area contributed by atoms with Crippen LogP contribution < -0.4 is 9.47 Å². The lowest BCUT2D eigenvalue weighted by Crippen LogP contribution is -2.43. The third-order valence-corrected chi connectivity index (χ3v) is 7.58. The van der Waals surface area contributed by atoms with Crippen LogP contribution in [0, 0.1) is 5.92 Å². The molecule has 3 aromatic rings. The Labute approximate surface area is 210 Å². The van der Waals surface area contributed by atoms with Crippen LogP contribution in [0.1, 0.15) is 37.1 Å². The number of pyridine rings is 1. The number of hydrogen-bond donors (Lipinski definition) is 0. The summed E-state index contributed by atoms with van der Waals surface area (Å²) in [5.41, 5.74) is 2.71. The number of carbonyl (C=O) groups is 1. The fourth-order valence-electron chi connectivity index (χ4n) is 4.90. The molecule has 2 aliphatic heterocycles. The lowest BCUT2D eigenvalue weighted by Gasteiger charge is -2.36. The van der Waals surface area contributed by atoms with Gasteiger partial charge in [0.05, 0.1) is 18.8 Å². The van der Waals surface area contributed by atoms with Gasteiger partial charge in [0.25, 0.3) is 0 Å². The predicted molar refractivity (Wildman–Crippen MR) is 137 cm³/mol. The largest absolute Gasteiger partial charge is 0.489 e. The molecule has 5 rings (SSSR count). The average molecular weight is 493 g/mol. The zero-order chi connectivity index (χ0) is 24.3. The number of carbonyl (C=O) groups excluding carboxylic acids is 1. The SMILES string of the molecule is CC1(C)CC(C(=O)N2CCOc3c(cc(-c4cccnc4)cc3OCCc3cccs3)C2)CCO1. The molecule has 0 saturated carbocycles. The van der Waals surface area contributed by atoms with Crippen LogP contribution in [0.15, 0.2) is 54.2 Å². The molecule has 0 spiro atoms. The van der Waals surface area contributed by atoms with Crippen LogP contribution in [0.2, 0.25) is 0 Å². The van der Waals surface area contributed by atoms with E-state index in [-0.39, 0.29) is 17.4 Å². The maximum absolute atomic E-state index is 13.5. The van der Waals surface area contributed by atoms with Gasteiger partial charge in [-0.25, -0.2) is 0 Å². The molecule has 0 bridgehead atoms. The Balaban J connectivity index is 1.41. The zero-order valence-electron chi connectivity index (χ0n) is 20.4. The van der Waals surface area contributed by atoms with Gasteiger partial charge in [-0.3, -0.25) is 9.78 Å². The van der Waals surface area contributed by atoms with Crippen LogP contribution in [0.4, 0.5) is 0 Å². The molecule has 2 aromatic heterocycles.